The van der Waals surface area contributed by atoms with Gasteiger partial charge < -0.3 is 5.32 Å². The van der Waals surface area contributed by atoms with Crippen LogP contribution in [0.25, 0.3) is 0 Å². The summed E-state index contributed by atoms with van der Waals surface area (Å²) in [4.78, 5) is 13.2. The van der Waals surface area contributed by atoms with Gasteiger partial charge in [0.05, 0.1) is 23.6 Å². The molecular weight excluding hydrogens is 402 g/mol. The van der Waals surface area contributed by atoms with Gasteiger partial charge in [-0.05, 0) is 55.9 Å². The molecule has 2 saturated carbocycles. The van der Waals surface area contributed by atoms with E-state index in [4.69, 9.17) is 0 Å². The fraction of sp³-hybridized carbons (Fsp3) is 0.619. The molecule has 4 rings (SSSR count). The van der Waals surface area contributed by atoms with E-state index in [0.717, 1.165) is 44.8 Å². The van der Waals surface area contributed by atoms with E-state index in [0.29, 0.717) is 18.0 Å². The predicted molar refractivity (Wildman–Crippen MR) is 110 cm³/mol. The zero-order valence-electron chi connectivity index (χ0n) is 17.1. The predicted octanol–water partition coefficient (Wildman–Crippen LogP) is 2.88. The number of carbonyl (C=O) groups excluding carboxylic acids is 1. The zero-order chi connectivity index (χ0) is 21.4. The third-order valence-corrected chi connectivity index (χ3v) is 7.64. The first-order chi connectivity index (χ1) is 14.3. The van der Waals surface area contributed by atoms with Gasteiger partial charge in [0.2, 0.25) is 0 Å². The highest BCUT2D eigenvalue weighted by Crippen LogP contribution is 2.43. The molecule has 1 N–H and O–H groups in total. The van der Waals surface area contributed by atoms with E-state index < -0.39 is 15.4 Å². The largest absolute Gasteiger partial charge is 0.347 e. The lowest BCUT2D eigenvalue weighted by Gasteiger charge is -2.33. The number of nitrogens with one attached hydrogen (secondary N) is 1. The van der Waals surface area contributed by atoms with Crippen molar-refractivity contribution in [2.75, 3.05) is 12.8 Å². The molecule has 1 unspecified atom stereocenters. The summed E-state index contributed by atoms with van der Waals surface area (Å²) in [5, 5.41) is 23.1. The number of hydrogen-bond acceptors (Lipinski definition) is 7. The summed E-state index contributed by atoms with van der Waals surface area (Å²) in [6, 6.07) is 8.02. The van der Waals surface area contributed by atoms with E-state index in [1.54, 1.807) is 17.1 Å². The second-order valence-corrected chi connectivity index (χ2v) is 10.7. The molecule has 2 atom stereocenters. The van der Waals surface area contributed by atoms with Crippen LogP contribution in [0, 0.1) is 17.2 Å². The number of carbonyl (C=O) groups is 1. The van der Waals surface area contributed by atoms with E-state index in [2.05, 4.69) is 21.7 Å². The van der Waals surface area contributed by atoms with Crippen LogP contribution in [-0.4, -0.2) is 49.8 Å². The van der Waals surface area contributed by atoms with Crippen LogP contribution in [0.4, 0.5) is 0 Å². The van der Waals surface area contributed by atoms with E-state index in [9.17, 15) is 18.5 Å². The number of hydrogen-bond donors (Lipinski definition) is 1. The van der Waals surface area contributed by atoms with Crippen molar-refractivity contribution in [3.05, 3.63) is 29.8 Å². The third kappa shape index (κ3) is 4.19. The molecule has 1 aromatic carbocycles. The summed E-state index contributed by atoms with van der Waals surface area (Å²) in [6.45, 7) is 0.544. The van der Waals surface area contributed by atoms with E-state index in [1.165, 1.54) is 18.6 Å². The van der Waals surface area contributed by atoms with Crippen LogP contribution >= 0.6 is 0 Å². The van der Waals surface area contributed by atoms with Gasteiger partial charge in [-0.15, -0.1) is 0 Å². The van der Waals surface area contributed by atoms with Crippen molar-refractivity contribution in [2.24, 2.45) is 16.3 Å². The fourth-order valence-corrected chi connectivity index (χ4v) is 5.11. The molecule has 0 spiro atoms. The average molecular weight is 430 g/mol. The summed E-state index contributed by atoms with van der Waals surface area (Å²) in [5.41, 5.74) is -0.0911. The average Bonchev–Trinajstić information content (AvgIpc) is 3.40. The molecule has 0 bridgehead atoms. The monoisotopic (exact) mass is 429 g/mol. The number of benzene rings is 1. The maximum Gasteiger partial charge on any atom is 0.251 e. The van der Waals surface area contributed by atoms with Gasteiger partial charge in [-0.3, -0.25) is 9.80 Å². The van der Waals surface area contributed by atoms with Crippen LogP contribution in [0.1, 0.15) is 55.3 Å². The maximum atomic E-state index is 13.0. The molecule has 0 aromatic heterocycles. The fourth-order valence-electron chi connectivity index (χ4n) is 4.48. The van der Waals surface area contributed by atoms with Crippen LogP contribution < -0.4 is 5.32 Å². The van der Waals surface area contributed by atoms with Crippen molar-refractivity contribution in [1.82, 2.24) is 10.3 Å². The van der Waals surface area contributed by atoms with Gasteiger partial charge in [-0.2, -0.15) is 10.4 Å². The van der Waals surface area contributed by atoms with Crippen molar-refractivity contribution < 1.29 is 13.2 Å². The lowest BCUT2D eigenvalue weighted by Crippen LogP contribution is -2.50. The highest BCUT2D eigenvalue weighted by molar-refractivity contribution is 7.90. The molecule has 1 aromatic rings. The molecule has 30 heavy (non-hydrogen) atoms. The lowest BCUT2D eigenvalue weighted by atomic mass is 9.81. The lowest BCUT2D eigenvalue weighted by molar-refractivity contribution is 0.0898. The van der Waals surface area contributed by atoms with Crippen LogP contribution in [0.15, 0.2) is 39.5 Å². The number of nitriles is 1. The van der Waals surface area contributed by atoms with E-state index in [-0.39, 0.29) is 22.9 Å². The van der Waals surface area contributed by atoms with Crippen LogP contribution in [0.3, 0.4) is 0 Å². The molecule has 0 saturated heterocycles. The van der Waals surface area contributed by atoms with Crippen molar-refractivity contribution in [3.8, 4) is 6.07 Å². The van der Waals surface area contributed by atoms with Crippen LogP contribution in [0.2, 0.25) is 0 Å². The summed E-state index contributed by atoms with van der Waals surface area (Å²) in [6.07, 6.45) is 8.31. The highest BCUT2D eigenvalue weighted by Gasteiger charge is 2.52. The van der Waals surface area contributed by atoms with Crippen molar-refractivity contribution in [1.29, 1.82) is 5.26 Å². The van der Waals surface area contributed by atoms with Crippen molar-refractivity contribution >= 4 is 15.7 Å². The van der Waals surface area contributed by atoms with E-state index in [1.807, 2.05) is 0 Å². The number of amides is 1. The third-order valence-electron chi connectivity index (χ3n) is 6.51. The van der Waals surface area contributed by atoms with Gasteiger partial charge >= 0.3 is 0 Å². The topological polar surface area (TPSA) is 115 Å². The Morgan fingerprint density at radius 1 is 1.23 bits per heavy atom. The Balaban J connectivity index is 1.50. The first-order valence-electron chi connectivity index (χ1n) is 10.5. The standard InChI is InChI=1S/C21H27N5O3S/c1-30(28,29)17-9-7-16(8-10-17)20(27)23-19(15-5-3-2-4-6-15)18-13-26(25-24-18)21(14-22)11-12-21/h7-10,15,18-19H,2-6,11-13H2,1H3,(H,23,27)/t18?,19-/m0/s1. The minimum absolute atomic E-state index is 0.157. The van der Waals surface area contributed by atoms with Gasteiger partial charge in [0.15, 0.2) is 9.84 Å². The summed E-state index contributed by atoms with van der Waals surface area (Å²) in [7, 11) is -3.31. The molecule has 8 nitrogen and oxygen atoms in total. The molecule has 160 valence electrons. The molecule has 3 aliphatic rings. The molecular formula is C21H27N5O3S. The van der Waals surface area contributed by atoms with Gasteiger partial charge in [-0.25, -0.2) is 8.42 Å². The molecule has 1 aliphatic heterocycles. The van der Waals surface area contributed by atoms with Crippen LogP contribution in [-0.2, 0) is 9.84 Å². The minimum atomic E-state index is -3.31. The Labute approximate surface area is 177 Å². The molecule has 9 heteroatoms. The Kier molecular flexibility index (Phi) is 5.53. The number of sulfone groups is 1. The molecule has 1 amide bonds. The van der Waals surface area contributed by atoms with Crippen molar-refractivity contribution in [3.63, 3.8) is 0 Å². The quantitative estimate of drug-likeness (QED) is 0.747. The second-order valence-electron chi connectivity index (χ2n) is 8.69. The second kappa shape index (κ2) is 7.99. The first kappa shape index (κ1) is 20.8. The molecule has 0 radical (unpaired) electrons. The smallest absolute Gasteiger partial charge is 0.251 e. The summed E-state index contributed by atoms with van der Waals surface area (Å²) < 4.78 is 23.3. The van der Waals surface area contributed by atoms with Gasteiger partial charge in [0.25, 0.3) is 5.91 Å². The van der Waals surface area contributed by atoms with E-state index >= 15 is 0 Å². The Hall–Kier alpha value is -2.47. The summed E-state index contributed by atoms with van der Waals surface area (Å²) in [5.74, 6) is 0.0832. The maximum absolute atomic E-state index is 13.0. The first-order valence-corrected chi connectivity index (χ1v) is 12.4. The number of rotatable bonds is 6. The summed E-state index contributed by atoms with van der Waals surface area (Å²) >= 11 is 0. The highest BCUT2D eigenvalue weighted by atomic mass is 32.2. The van der Waals surface area contributed by atoms with Gasteiger partial charge in [-0.1, -0.05) is 24.5 Å². The molecule has 1 heterocycles. The molecule has 2 aliphatic carbocycles. The van der Waals surface area contributed by atoms with Gasteiger partial charge in [0, 0.05) is 11.8 Å². The minimum Gasteiger partial charge on any atom is -0.347 e. The Morgan fingerprint density at radius 3 is 2.47 bits per heavy atom. The molecule has 2 fully saturated rings. The number of nitrogens with zero attached hydrogens (tertiary/aromatic N) is 4. The van der Waals surface area contributed by atoms with Crippen molar-refractivity contribution in [2.45, 2.75) is 67.5 Å². The normalized spacial score (nSPS) is 24.3. The Bertz CT molecular complexity index is 973. The van der Waals surface area contributed by atoms with Crippen LogP contribution in [0.5, 0.6) is 0 Å². The zero-order valence-corrected chi connectivity index (χ0v) is 17.9. The SMILES string of the molecule is CS(=O)(=O)c1ccc(C(=O)N[C@@H](C2CCCCC2)C2CN(C3(C#N)CC3)N=N2)cc1. The van der Waals surface area contributed by atoms with Gasteiger partial charge in [0.1, 0.15) is 11.6 Å². The Morgan fingerprint density at radius 2 is 1.90 bits per heavy atom.